The maximum Gasteiger partial charge on any atom is 0.287 e. The van der Waals surface area contributed by atoms with Gasteiger partial charge in [-0.15, -0.1) is 0 Å². The standard InChI is InChI=1S/C5H3IN2O2S/c6-11-5-2-1-4(3-7-5)8(9)10/h1-3H. The summed E-state index contributed by atoms with van der Waals surface area (Å²) in [4.78, 5) is 13.5. The molecule has 0 aliphatic carbocycles. The van der Waals surface area contributed by atoms with Gasteiger partial charge in [0.05, 0.1) is 4.92 Å². The SMILES string of the molecule is O=[N+]([O-])c1ccc(SI)nc1. The van der Waals surface area contributed by atoms with E-state index in [2.05, 4.69) is 26.2 Å². The maximum atomic E-state index is 10.2. The lowest BCUT2D eigenvalue weighted by atomic mass is 10.4. The number of hydrogen-bond acceptors (Lipinski definition) is 4. The highest BCUT2D eigenvalue weighted by Gasteiger charge is 2.03. The normalized spacial score (nSPS) is 9.55. The van der Waals surface area contributed by atoms with Gasteiger partial charge in [0.25, 0.3) is 5.69 Å². The third kappa shape index (κ3) is 2.29. The lowest BCUT2D eigenvalue weighted by Gasteiger charge is -1.91. The lowest BCUT2D eigenvalue weighted by molar-refractivity contribution is -0.385. The summed E-state index contributed by atoms with van der Waals surface area (Å²) in [6, 6.07) is 3.06. The van der Waals surface area contributed by atoms with Crippen molar-refractivity contribution in [1.82, 2.24) is 4.98 Å². The van der Waals surface area contributed by atoms with Gasteiger partial charge in [-0.2, -0.15) is 0 Å². The second kappa shape index (κ2) is 3.86. The number of aromatic nitrogens is 1. The molecule has 1 aromatic rings. The summed E-state index contributed by atoms with van der Waals surface area (Å²) in [5.74, 6) is 0. The molecular weight excluding hydrogens is 279 g/mol. The van der Waals surface area contributed by atoms with Crippen LogP contribution in [0.2, 0.25) is 0 Å². The van der Waals surface area contributed by atoms with E-state index in [-0.39, 0.29) is 5.69 Å². The van der Waals surface area contributed by atoms with Gasteiger partial charge in [0.1, 0.15) is 11.2 Å². The van der Waals surface area contributed by atoms with E-state index in [9.17, 15) is 10.1 Å². The van der Waals surface area contributed by atoms with Crippen LogP contribution >= 0.6 is 30.1 Å². The number of nitro groups is 1. The number of rotatable bonds is 2. The van der Waals surface area contributed by atoms with Crippen LogP contribution in [0.5, 0.6) is 0 Å². The predicted octanol–water partition coefficient (Wildman–Crippen LogP) is 2.43. The van der Waals surface area contributed by atoms with E-state index in [1.165, 1.54) is 21.2 Å². The fourth-order valence-corrected chi connectivity index (χ4v) is 1.52. The Bertz CT molecular complexity index is 264. The first-order chi connectivity index (χ1) is 5.24. The number of halogens is 1. The Morgan fingerprint density at radius 3 is 2.73 bits per heavy atom. The van der Waals surface area contributed by atoms with Crippen LogP contribution in [0.4, 0.5) is 5.69 Å². The molecule has 0 bridgehead atoms. The van der Waals surface area contributed by atoms with E-state index in [0.29, 0.717) is 0 Å². The van der Waals surface area contributed by atoms with E-state index in [0.717, 1.165) is 5.03 Å². The molecule has 0 aromatic carbocycles. The molecule has 0 fully saturated rings. The molecular formula is C5H3IN2O2S. The summed E-state index contributed by atoms with van der Waals surface area (Å²) in [6.07, 6.45) is 1.25. The average molecular weight is 282 g/mol. The van der Waals surface area contributed by atoms with Gasteiger partial charge in [0.15, 0.2) is 0 Å². The first-order valence-corrected chi connectivity index (χ1v) is 5.99. The second-order valence-corrected chi connectivity index (χ2v) is 3.58. The van der Waals surface area contributed by atoms with Crippen molar-refractivity contribution in [2.24, 2.45) is 0 Å². The van der Waals surface area contributed by atoms with E-state index in [1.807, 2.05) is 0 Å². The predicted molar refractivity (Wildman–Crippen MR) is 50.8 cm³/mol. The Hall–Kier alpha value is -0.370. The summed E-state index contributed by atoms with van der Waals surface area (Å²) < 4.78 is 0. The summed E-state index contributed by atoms with van der Waals surface area (Å²) in [7, 11) is 1.43. The minimum absolute atomic E-state index is 0.0270. The highest BCUT2D eigenvalue weighted by Crippen LogP contribution is 2.23. The van der Waals surface area contributed by atoms with Gasteiger partial charge < -0.3 is 0 Å². The smallest absolute Gasteiger partial charge is 0.258 e. The first kappa shape index (κ1) is 8.72. The molecule has 4 nitrogen and oxygen atoms in total. The number of pyridine rings is 1. The van der Waals surface area contributed by atoms with Crippen LogP contribution in [0.3, 0.4) is 0 Å². The van der Waals surface area contributed by atoms with Crippen molar-refractivity contribution in [2.75, 3.05) is 0 Å². The highest BCUT2D eigenvalue weighted by atomic mass is 127. The van der Waals surface area contributed by atoms with Gasteiger partial charge in [-0.3, -0.25) is 10.1 Å². The monoisotopic (exact) mass is 282 g/mol. The zero-order chi connectivity index (χ0) is 8.27. The summed E-state index contributed by atoms with van der Waals surface area (Å²) in [6.45, 7) is 0. The van der Waals surface area contributed by atoms with E-state index >= 15 is 0 Å². The highest BCUT2D eigenvalue weighted by molar-refractivity contribution is 14.2. The molecule has 58 valence electrons. The average Bonchev–Trinajstić information content (AvgIpc) is 2.05. The molecule has 1 heterocycles. The first-order valence-electron chi connectivity index (χ1n) is 2.63. The number of hydrogen-bond donors (Lipinski definition) is 0. The Morgan fingerprint density at radius 2 is 2.36 bits per heavy atom. The minimum Gasteiger partial charge on any atom is -0.258 e. The van der Waals surface area contributed by atoms with Gasteiger partial charge in [0, 0.05) is 27.3 Å². The third-order valence-corrected chi connectivity index (χ3v) is 2.76. The molecule has 0 saturated heterocycles. The zero-order valence-electron chi connectivity index (χ0n) is 5.23. The van der Waals surface area contributed by atoms with Crippen LogP contribution in [0, 0.1) is 10.1 Å². The van der Waals surface area contributed by atoms with E-state index < -0.39 is 4.92 Å². The molecule has 0 saturated carbocycles. The molecule has 11 heavy (non-hydrogen) atoms. The van der Waals surface area contributed by atoms with Crippen molar-refractivity contribution < 1.29 is 4.92 Å². The Labute approximate surface area is 79.1 Å². The molecule has 1 aromatic heterocycles. The van der Waals surface area contributed by atoms with Crippen LogP contribution in [0.1, 0.15) is 0 Å². The molecule has 0 unspecified atom stereocenters. The third-order valence-electron chi connectivity index (χ3n) is 1.01. The molecule has 1 rings (SSSR count). The topological polar surface area (TPSA) is 56.0 Å². The summed E-state index contributed by atoms with van der Waals surface area (Å²) >= 11 is 2.07. The second-order valence-electron chi connectivity index (χ2n) is 1.69. The zero-order valence-corrected chi connectivity index (χ0v) is 8.20. The molecule has 0 amide bonds. The quantitative estimate of drug-likeness (QED) is 0.475. The largest absolute Gasteiger partial charge is 0.287 e. The van der Waals surface area contributed by atoms with Crippen molar-refractivity contribution in [3.8, 4) is 0 Å². The van der Waals surface area contributed by atoms with Crippen molar-refractivity contribution in [1.29, 1.82) is 0 Å². The fourth-order valence-electron chi connectivity index (χ4n) is 0.526. The summed E-state index contributed by atoms with van der Waals surface area (Å²) in [5.41, 5.74) is 0.0270. The molecule has 0 aliphatic rings. The van der Waals surface area contributed by atoms with E-state index in [4.69, 9.17) is 0 Å². The Morgan fingerprint density at radius 1 is 1.64 bits per heavy atom. The molecule has 6 heteroatoms. The van der Waals surface area contributed by atoms with Crippen LogP contribution in [-0.4, -0.2) is 9.91 Å². The van der Waals surface area contributed by atoms with Crippen molar-refractivity contribution >= 4 is 35.8 Å². The summed E-state index contributed by atoms with van der Waals surface area (Å²) in [5, 5.41) is 10.9. The fraction of sp³-hybridized carbons (Fsp3) is 0. The van der Waals surface area contributed by atoms with Crippen molar-refractivity contribution in [2.45, 2.75) is 5.03 Å². The molecule has 0 spiro atoms. The minimum atomic E-state index is -0.464. The maximum absolute atomic E-state index is 10.2. The van der Waals surface area contributed by atoms with Crippen LogP contribution in [0.15, 0.2) is 23.4 Å². The Balaban J connectivity index is 2.91. The number of nitrogens with zero attached hydrogens (tertiary/aromatic N) is 2. The molecule has 0 aliphatic heterocycles. The van der Waals surface area contributed by atoms with Gasteiger partial charge in [-0.05, 0) is 15.0 Å². The van der Waals surface area contributed by atoms with Crippen LogP contribution < -0.4 is 0 Å². The van der Waals surface area contributed by atoms with Gasteiger partial charge in [-0.25, -0.2) is 4.98 Å². The molecule has 0 atom stereocenters. The molecule has 0 radical (unpaired) electrons. The van der Waals surface area contributed by atoms with Gasteiger partial charge >= 0.3 is 0 Å². The van der Waals surface area contributed by atoms with Gasteiger partial charge in [-0.1, -0.05) is 0 Å². The van der Waals surface area contributed by atoms with Gasteiger partial charge in [0.2, 0.25) is 0 Å². The van der Waals surface area contributed by atoms with Crippen molar-refractivity contribution in [3.63, 3.8) is 0 Å². The molecule has 0 N–H and O–H groups in total. The van der Waals surface area contributed by atoms with E-state index in [1.54, 1.807) is 6.07 Å². The lowest BCUT2D eigenvalue weighted by Crippen LogP contribution is -1.88. The van der Waals surface area contributed by atoms with Crippen LogP contribution in [0.25, 0.3) is 0 Å². The van der Waals surface area contributed by atoms with Crippen molar-refractivity contribution in [3.05, 3.63) is 28.4 Å². The Kier molecular flexibility index (Phi) is 3.06. The van der Waals surface area contributed by atoms with Crippen LogP contribution in [-0.2, 0) is 0 Å².